The number of ether oxygens (including phenoxy) is 3. The van der Waals surface area contributed by atoms with Gasteiger partial charge in [-0.15, -0.1) is 0 Å². The van der Waals surface area contributed by atoms with Crippen molar-refractivity contribution < 1.29 is 19.0 Å². The fourth-order valence-corrected chi connectivity index (χ4v) is 1.78. The van der Waals surface area contributed by atoms with Crippen LogP contribution in [0.3, 0.4) is 0 Å². The van der Waals surface area contributed by atoms with Gasteiger partial charge in [0.15, 0.2) is 0 Å². The Morgan fingerprint density at radius 2 is 1.68 bits per heavy atom. The van der Waals surface area contributed by atoms with Crippen molar-refractivity contribution >= 4 is 11.7 Å². The minimum Gasteiger partial charge on any atom is -0.497 e. The van der Waals surface area contributed by atoms with Gasteiger partial charge in [0.1, 0.15) is 11.5 Å². The molecule has 6 nitrogen and oxygen atoms in total. The van der Waals surface area contributed by atoms with Gasteiger partial charge >= 0.3 is 6.03 Å². The quantitative estimate of drug-likeness (QED) is 0.652. The summed E-state index contributed by atoms with van der Waals surface area (Å²) in [5.74, 6) is 1.25. The van der Waals surface area contributed by atoms with Crippen molar-refractivity contribution in [1.29, 1.82) is 0 Å². The molecule has 0 aromatic heterocycles. The van der Waals surface area contributed by atoms with Gasteiger partial charge in [-0.25, -0.2) is 4.79 Å². The van der Waals surface area contributed by atoms with Crippen molar-refractivity contribution in [3.63, 3.8) is 0 Å². The van der Waals surface area contributed by atoms with Crippen LogP contribution < -0.4 is 20.1 Å². The summed E-state index contributed by atoms with van der Waals surface area (Å²) in [5, 5.41) is 5.54. The average Bonchev–Trinajstić information content (AvgIpc) is 2.53. The van der Waals surface area contributed by atoms with E-state index in [1.54, 1.807) is 32.4 Å². The summed E-state index contributed by atoms with van der Waals surface area (Å²) in [6.07, 6.45) is 2.99. The first kappa shape index (κ1) is 18.1. The molecule has 2 N–H and O–H groups in total. The highest BCUT2D eigenvalue weighted by Crippen LogP contribution is 2.25. The summed E-state index contributed by atoms with van der Waals surface area (Å²) in [6.45, 7) is 4.14. The monoisotopic (exact) mass is 310 g/mol. The van der Waals surface area contributed by atoms with E-state index >= 15 is 0 Å². The molecule has 0 aliphatic heterocycles. The summed E-state index contributed by atoms with van der Waals surface area (Å²) in [4.78, 5) is 11.8. The van der Waals surface area contributed by atoms with Crippen LogP contribution in [0.25, 0.3) is 0 Å². The highest BCUT2D eigenvalue weighted by atomic mass is 16.5. The van der Waals surface area contributed by atoms with Crippen LogP contribution in [0.15, 0.2) is 18.2 Å². The molecule has 1 aromatic carbocycles. The Bertz CT molecular complexity index is 430. The SMILES string of the molecule is CCCCOCCCNC(=O)Nc1cc(OC)cc(OC)c1. The fraction of sp³-hybridized carbons (Fsp3) is 0.562. The maximum atomic E-state index is 11.8. The van der Waals surface area contributed by atoms with Gasteiger partial charge in [-0.2, -0.15) is 0 Å². The largest absolute Gasteiger partial charge is 0.497 e. The van der Waals surface area contributed by atoms with Crippen LogP contribution in [-0.2, 0) is 4.74 Å². The van der Waals surface area contributed by atoms with Crippen LogP contribution >= 0.6 is 0 Å². The number of hydrogen-bond acceptors (Lipinski definition) is 4. The third-order valence-electron chi connectivity index (χ3n) is 3.00. The Labute approximate surface area is 132 Å². The number of hydrogen-bond donors (Lipinski definition) is 2. The Kier molecular flexibility index (Phi) is 8.83. The molecule has 0 radical (unpaired) electrons. The molecule has 22 heavy (non-hydrogen) atoms. The van der Waals surface area contributed by atoms with E-state index in [1.807, 2.05) is 0 Å². The second-order valence-corrected chi connectivity index (χ2v) is 4.80. The minimum absolute atomic E-state index is 0.260. The first-order valence-corrected chi connectivity index (χ1v) is 7.55. The van der Waals surface area contributed by atoms with Gasteiger partial charge in [-0.1, -0.05) is 13.3 Å². The van der Waals surface area contributed by atoms with Gasteiger partial charge in [-0.3, -0.25) is 0 Å². The molecule has 124 valence electrons. The molecule has 0 saturated carbocycles. The smallest absolute Gasteiger partial charge is 0.319 e. The van der Waals surface area contributed by atoms with Crippen molar-refractivity contribution in [2.24, 2.45) is 0 Å². The first-order chi connectivity index (χ1) is 10.7. The normalized spacial score (nSPS) is 10.1. The second kappa shape index (κ2) is 10.7. The number of urea groups is 1. The number of benzene rings is 1. The molecule has 1 aromatic rings. The number of carbonyl (C=O) groups is 1. The fourth-order valence-electron chi connectivity index (χ4n) is 1.78. The number of methoxy groups -OCH3 is 2. The highest BCUT2D eigenvalue weighted by molar-refractivity contribution is 5.89. The van der Waals surface area contributed by atoms with E-state index in [9.17, 15) is 4.79 Å². The minimum atomic E-state index is -0.260. The second-order valence-electron chi connectivity index (χ2n) is 4.80. The van der Waals surface area contributed by atoms with Crippen LogP contribution in [0.4, 0.5) is 10.5 Å². The van der Waals surface area contributed by atoms with Gasteiger partial charge in [-0.05, 0) is 12.8 Å². The molecular weight excluding hydrogens is 284 g/mol. The lowest BCUT2D eigenvalue weighted by atomic mass is 10.3. The molecule has 0 aliphatic rings. The molecular formula is C16H26N2O4. The van der Waals surface area contributed by atoms with Gasteiger partial charge < -0.3 is 24.8 Å². The zero-order valence-corrected chi connectivity index (χ0v) is 13.6. The van der Waals surface area contributed by atoms with Gasteiger partial charge in [0.2, 0.25) is 0 Å². The zero-order valence-electron chi connectivity index (χ0n) is 13.6. The lowest BCUT2D eigenvalue weighted by molar-refractivity contribution is 0.129. The van der Waals surface area contributed by atoms with Gasteiger partial charge in [0.05, 0.1) is 14.2 Å². The highest BCUT2D eigenvalue weighted by Gasteiger charge is 2.05. The van der Waals surface area contributed by atoms with Crippen molar-refractivity contribution in [3.8, 4) is 11.5 Å². The number of nitrogens with one attached hydrogen (secondary N) is 2. The van der Waals surface area contributed by atoms with E-state index < -0.39 is 0 Å². The van der Waals surface area contributed by atoms with E-state index in [0.29, 0.717) is 30.3 Å². The molecule has 0 fully saturated rings. The molecule has 0 aliphatic carbocycles. The van der Waals surface area contributed by atoms with Gasteiger partial charge in [0, 0.05) is 43.6 Å². The summed E-state index contributed by atoms with van der Waals surface area (Å²) in [5.41, 5.74) is 0.618. The molecule has 0 bridgehead atoms. The molecule has 0 atom stereocenters. The number of carbonyl (C=O) groups excluding carboxylic acids is 1. The van der Waals surface area contributed by atoms with Crippen molar-refractivity contribution in [3.05, 3.63) is 18.2 Å². The van der Waals surface area contributed by atoms with Crippen LogP contribution in [0, 0.1) is 0 Å². The first-order valence-electron chi connectivity index (χ1n) is 7.55. The van der Waals surface area contributed by atoms with E-state index in [4.69, 9.17) is 14.2 Å². The van der Waals surface area contributed by atoms with Crippen molar-refractivity contribution in [2.45, 2.75) is 26.2 Å². The molecule has 0 spiro atoms. The van der Waals surface area contributed by atoms with Gasteiger partial charge in [0.25, 0.3) is 0 Å². The lowest BCUT2D eigenvalue weighted by Gasteiger charge is -2.11. The zero-order chi connectivity index (χ0) is 16.2. The Morgan fingerprint density at radius 3 is 2.27 bits per heavy atom. The summed E-state index contributed by atoms with van der Waals surface area (Å²) >= 11 is 0. The van der Waals surface area contributed by atoms with E-state index in [0.717, 1.165) is 25.9 Å². The molecule has 0 unspecified atom stereocenters. The standard InChI is InChI=1S/C16H26N2O4/c1-4-5-8-22-9-6-7-17-16(19)18-13-10-14(20-2)12-15(11-13)21-3/h10-12H,4-9H2,1-3H3,(H2,17,18,19). The van der Waals surface area contributed by atoms with Crippen LogP contribution in [0.5, 0.6) is 11.5 Å². The predicted octanol–water partition coefficient (Wildman–Crippen LogP) is 3.03. The third-order valence-corrected chi connectivity index (χ3v) is 3.00. The Hall–Kier alpha value is -1.95. The third kappa shape index (κ3) is 7.17. The van der Waals surface area contributed by atoms with E-state index in [1.165, 1.54) is 0 Å². The molecule has 2 amide bonds. The molecule has 0 saturated heterocycles. The van der Waals surface area contributed by atoms with Crippen molar-refractivity contribution in [1.82, 2.24) is 5.32 Å². The van der Waals surface area contributed by atoms with Crippen LogP contribution in [0.1, 0.15) is 26.2 Å². The van der Waals surface area contributed by atoms with Crippen LogP contribution in [0.2, 0.25) is 0 Å². The van der Waals surface area contributed by atoms with Crippen molar-refractivity contribution in [2.75, 3.05) is 39.3 Å². The molecule has 0 heterocycles. The number of anilines is 1. The number of rotatable bonds is 10. The van der Waals surface area contributed by atoms with Crippen LogP contribution in [-0.4, -0.2) is 40.0 Å². The Balaban J connectivity index is 2.30. The number of unbranched alkanes of at least 4 members (excludes halogenated alkanes) is 1. The maximum absolute atomic E-state index is 11.8. The maximum Gasteiger partial charge on any atom is 0.319 e. The summed E-state index contributed by atoms with van der Waals surface area (Å²) < 4.78 is 15.7. The Morgan fingerprint density at radius 1 is 1.05 bits per heavy atom. The summed E-state index contributed by atoms with van der Waals surface area (Å²) in [7, 11) is 3.13. The average molecular weight is 310 g/mol. The molecule has 6 heteroatoms. The topological polar surface area (TPSA) is 68.8 Å². The summed E-state index contributed by atoms with van der Waals surface area (Å²) in [6, 6.07) is 4.95. The lowest BCUT2D eigenvalue weighted by Crippen LogP contribution is -2.30. The van der Waals surface area contributed by atoms with E-state index in [-0.39, 0.29) is 6.03 Å². The van der Waals surface area contributed by atoms with E-state index in [2.05, 4.69) is 17.6 Å². The molecule has 1 rings (SSSR count). The number of amides is 2. The predicted molar refractivity (Wildman–Crippen MR) is 86.9 cm³/mol.